The molecule has 0 aliphatic rings. The predicted molar refractivity (Wildman–Crippen MR) is 82.8 cm³/mol. The Hall–Kier alpha value is -1.90. The average molecular weight is 289 g/mol. The molecule has 0 aromatic heterocycles. The van der Waals surface area contributed by atoms with Crippen LogP contribution in [0.15, 0.2) is 30.3 Å². The van der Waals surface area contributed by atoms with Crippen molar-refractivity contribution < 1.29 is 9.90 Å². The van der Waals surface area contributed by atoms with Crippen molar-refractivity contribution in [2.24, 2.45) is 0 Å². The number of aliphatic hydroxyl groups is 1. The number of anilines is 1. The third-order valence-electron chi connectivity index (χ3n) is 2.88. The van der Waals surface area contributed by atoms with E-state index in [1.54, 1.807) is 30.7 Å². The van der Waals surface area contributed by atoms with E-state index < -0.39 is 5.60 Å². The second-order valence-electron chi connectivity index (χ2n) is 5.77. The van der Waals surface area contributed by atoms with Crippen molar-refractivity contribution in [2.75, 3.05) is 31.6 Å². The Balaban J connectivity index is 2.75. The molecule has 0 saturated carbocycles. The van der Waals surface area contributed by atoms with E-state index >= 15 is 0 Å². The van der Waals surface area contributed by atoms with Crippen LogP contribution in [0, 0.1) is 11.3 Å². The molecule has 0 aliphatic carbocycles. The highest BCUT2D eigenvalue weighted by Gasteiger charge is 2.21. The van der Waals surface area contributed by atoms with Crippen molar-refractivity contribution in [1.82, 2.24) is 4.90 Å². The van der Waals surface area contributed by atoms with Crippen molar-refractivity contribution in [3.63, 3.8) is 0 Å². The van der Waals surface area contributed by atoms with Crippen molar-refractivity contribution in [3.05, 3.63) is 30.3 Å². The largest absolute Gasteiger partial charge is 0.389 e. The van der Waals surface area contributed by atoms with Crippen LogP contribution in [0.1, 0.15) is 20.3 Å². The van der Waals surface area contributed by atoms with Gasteiger partial charge >= 0.3 is 0 Å². The Kier molecular flexibility index (Phi) is 6.35. The summed E-state index contributed by atoms with van der Waals surface area (Å²) in [6.45, 7) is 4.39. The molecule has 1 rings (SSSR count). The molecule has 1 N–H and O–H groups in total. The van der Waals surface area contributed by atoms with Crippen LogP contribution in [0.4, 0.5) is 5.69 Å². The summed E-state index contributed by atoms with van der Waals surface area (Å²) >= 11 is 0. The van der Waals surface area contributed by atoms with E-state index in [1.807, 2.05) is 30.3 Å². The number of benzene rings is 1. The molecule has 0 aliphatic heterocycles. The van der Waals surface area contributed by atoms with Crippen LogP contribution in [0.25, 0.3) is 0 Å². The second-order valence-corrected chi connectivity index (χ2v) is 5.77. The lowest BCUT2D eigenvalue weighted by atomic mass is 10.1. The van der Waals surface area contributed by atoms with E-state index in [-0.39, 0.29) is 18.9 Å². The summed E-state index contributed by atoms with van der Waals surface area (Å²) in [6, 6.07) is 11.4. The van der Waals surface area contributed by atoms with Crippen LogP contribution in [-0.2, 0) is 4.79 Å². The van der Waals surface area contributed by atoms with Gasteiger partial charge < -0.3 is 10.0 Å². The zero-order valence-electron chi connectivity index (χ0n) is 12.9. The molecule has 0 atom stereocenters. The second kappa shape index (κ2) is 7.77. The van der Waals surface area contributed by atoms with Gasteiger partial charge in [-0.25, -0.2) is 0 Å². The number of rotatable bonds is 7. The minimum absolute atomic E-state index is 0.0804. The van der Waals surface area contributed by atoms with Gasteiger partial charge in [-0.1, -0.05) is 18.2 Å². The van der Waals surface area contributed by atoms with Crippen molar-refractivity contribution in [3.8, 4) is 6.07 Å². The van der Waals surface area contributed by atoms with Crippen LogP contribution in [0.3, 0.4) is 0 Å². The quantitative estimate of drug-likeness (QED) is 0.828. The van der Waals surface area contributed by atoms with Crippen LogP contribution in [-0.4, -0.2) is 48.2 Å². The normalized spacial score (nSPS) is 11.2. The Labute approximate surface area is 126 Å². The fourth-order valence-electron chi connectivity index (χ4n) is 2.20. The van der Waals surface area contributed by atoms with Crippen LogP contribution < -0.4 is 4.90 Å². The number of carbonyl (C=O) groups is 1. The lowest BCUT2D eigenvalue weighted by molar-refractivity contribution is -0.119. The standard InChI is InChI=1S/C16H23N3O2/c1-16(2,21)13-18(3)12-15(20)19(11-7-10-17)14-8-5-4-6-9-14/h4-6,8-9,21H,7,11-13H2,1-3H3. The first kappa shape index (κ1) is 17.2. The highest BCUT2D eigenvalue weighted by atomic mass is 16.3. The Morgan fingerprint density at radius 1 is 1.33 bits per heavy atom. The van der Waals surface area contributed by atoms with Crippen LogP contribution in [0.2, 0.25) is 0 Å². The number of carbonyl (C=O) groups excluding carboxylic acids is 1. The predicted octanol–water partition coefficient (Wildman–Crippen LogP) is 1.64. The lowest BCUT2D eigenvalue weighted by Crippen LogP contribution is -2.44. The van der Waals surface area contributed by atoms with Gasteiger partial charge in [0.25, 0.3) is 0 Å². The lowest BCUT2D eigenvalue weighted by Gasteiger charge is -2.28. The van der Waals surface area contributed by atoms with Crippen LogP contribution in [0.5, 0.6) is 0 Å². The molecule has 0 radical (unpaired) electrons. The summed E-state index contributed by atoms with van der Waals surface area (Å²) in [5, 5.41) is 18.5. The highest BCUT2D eigenvalue weighted by Crippen LogP contribution is 2.14. The molecule has 0 spiro atoms. The maximum absolute atomic E-state index is 12.4. The molecule has 0 unspecified atom stereocenters. The first-order valence-electron chi connectivity index (χ1n) is 6.97. The number of para-hydroxylation sites is 1. The van der Waals surface area contributed by atoms with Gasteiger partial charge in [-0.05, 0) is 33.0 Å². The fourth-order valence-corrected chi connectivity index (χ4v) is 2.20. The van der Waals surface area contributed by atoms with Crippen LogP contribution >= 0.6 is 0 Å². The minimum Gasteiger partial charge on any atom is -0.389 e. The van der Waals surface area contributed by atoms with Crippen molar-refractivity contribution in [1.29, 1.82) is 5.26 Å². The number of hydrogen-bond donors (Lipinski definition) is 1. The van der Waals surface area contributed by atoms with Gasteiger partial charge in [0.05, 0.1) is 24.6 Å². The zero-order valence-corrected chi connectivity index (χ0v) is 12.9. The molecule has 1 aromatic carbocycles. The van der Waals surface area contributed by atoms with E-state index in [0.717, 1.165) is 5.69 Å². The topological polar surface area (TPSA) is 67.6 Å². The molecule has 0 fully saturated rings. The molecule has 1 aromatic rings. The maximum Gasteiger partial charge on any atom is 0.241 e. The number of nitrogens with zero attached hydrogens (tertiary/aromatic N) is 3. The number of nitriles is 1. The van der Waals surface area contributed by atoms with Gasteiger partial charge in [0.15, 0.2) is 0 Å². The molecule has 1 amide bonds. The Morgan fingerprint density at radius 2 is 1.95 bits per heavy atom. The van der Waals surface area contributed by atoms with Gasteiger partial charge in [-0.15, -0.1) is 0 Å². The van der Waals surface area contributed by atoms with E-state index in [4.69, 9.17) is 5.26 Å². The van der Waals surface area contributed by atoms with Crippen molar-refractivity contribution >= 4 is 11.6 Å². The summed E-state index contributed by atoms with van der Waals surface area (Å²) in [6.07, 6.45) is 0.288. The van der Waals surface area contributed by atoms with Gasteiger partial charge in [0.1, 0.15) is 0 Å². The first-order chi connectivity index (χ1) is 9.83. The molecular weight excluding hydrogens is 266 g/mol. The molecule has 5 nitrogen and oxygen atoms in total. The van der Waals surface area contributed by atoms with Gasteiger partial charge in [-0.2, -0.15) is 5.26 Å². The molecule has 21 heavy (non-hydrogen) atoms. The Morgan fingerprint density at radius 3 is 2.48 bits per heavy atom. The monoisotopic (exact) mass is 289 g/mol. The number of amides is 1. The molecule has 5 heteroatoms. The van der Waals surface area contributed by atoms with E-state index in [9.17, 15) is 9.90 Å². The van der Waals surface area contributed by atoms with Gasteiger partial charge in [0.2, 0.25) is 5.91 Å². The zero-order chi connectivity index (χ0) is 15.9. The van der Waals surface area contributed by atoms with E-state index in [1.165, 1.54) is 0 Å². The first-order valence-corrected chi connectivity index (χ1v) is 6.97. The molecule has 114 valence electrons. The molecule has 0 saturated heterocycles. The molecular formula is C16H23N3O2. The summed E-state index contributed by atoms with van der Waals surface area (Å²) in [7, 11) is 1.79. The summed E-state index contributed by atoms with van der Waals surface area (Å²) in [5.74, 6) is -0.0804. The minimum atomic E-state index is -0.848. The SMILES string of the molecule is CN(CC(=O)N(CCC#N)c1ccccc1)CC(C)(C)O. The third-order valence-corrected chi connectivity index (χ3v) is 2.88. The molecule has 0 heterocycles. The average Bonchev–Trinajstić information content (AvgIpc) is 2.38. The maximum atomic E-state index is 12.4. The summed E-state index contributed by atoms with van der Waals surface area (Å²) in [5.41, 5.74) is -0.0615. The smallest absolute Gasteiger partial charge is 0.241 e. The summed E-state index contributed by atoms with van der Waals surface area (Å²) < 4.78 is 0. The highest BCUT2D eigenvalue weighted by molar-refractivity contribution is 5.94. The van der Waals surface area contributed by atoms with Gasteiger partial charge in [0, 0.05) is 18.8 Å². The fraction of sp³-hybridized carbons (Fsp3) is 0.500. The number of likely N-dealkylation sites (N-methyl/N-ethyl adjacent to an activating group) is 1. The third kappa shape index (κ3) is 6.39. The Bertz CT molecular complexity index is 488. The van der Waals surface area contributed by atoms with E-state index in [0.29, 0.717) is 13.1 Å². The molecule has 0 bridgehead atoms. The summed E-state index contributed by atoms with van der Waals surface area (Å²) in [4.78, 5) is 15.8. The van der Waals surface area contributed by atoms with Crippen molar-refractivity contribution in [2.45, 2.75) is 25.9 Å². The van der Waals surface area contributed by atoms with Gasteiger partial charge in [-0.3, -0.25) is 9.69 Å². The number of hydrogen-bond acceptors (Lipinski definition) is 4. The van der Waals surface area contributed by atoms with E-state index in [2.05, 4.69) is 6.07 Å².